The van der Waals surface area contributed by atoms with Crippen LogP contribution < -0.4 is 21.3 Å². The number of ether oxygens (including phenoxy) is 1. The molecule has 3 heterocycles. The molecule has 0 spiro atoms. The molecule has 9 nitrogen and oxygen atoms in total. The normalized spacial score (nSPS) is 18.8. The van der Waals surface area contributed by atoms with Crippen molar-refractivity contribution >= 4 is 35.1 Å². The number of nitrogens with two attached hydrogens (primary N) is 1. The summed E-state index contributed by atoms with van der Waals surface area (Å²) in [6.07, 6.45) is -0.00586. The molecule has 152 valence electrons. The average molecular weight is 396 g/mol. The molecule has 2 amide bonds. The van der Waals surface area contributed by atoms with Crippen LogP contribution in [0.5, 0.6) is 0 Å². The van der Waals surface area contributed by atoms with Crippen LogP contribution in [-0.4, -0.2) is 48.1 Å². The van der Waals surface area contributed by atoms with Gasteiger partial charge in [0, 0.05) is 25.2 Å². The molecule has 4 N–H and O–H groups in total. The number of hydrogen-bond acceptors (Lipinski definition) is 7. The number of aromatic nitrogens is 2. The summed E-state index contributed by atoms with van der Waals surface area (Å²) in [6.45, 7) is 6.36. The predicted molar refractivity (Wildman–Crippen MR) is 110 cm³/mol. The fourth-order valence-electron chi connectivity index (χ4n) is 3.79. The Hall–Kier alpha value is -3.20. The minimum Gasteiger partial charge on any atom is -0.383 e. The molecule has 29 heavy (non-hydrogen) atoms. The predicted octanol–water partition coefficient (Wildman–Crippen LogP) is 1.58. The van der Waals surface area contributed by atoms with Gasteiger partial charge < -0.3 is 26.0 Å². The number of nitrogen functional groups attached to an aromatic ring is 1. The van der Waals surface area contributed by atoms with E-state index < -0.39 is 5.92 Å². The first-order chi connectivity index (χ1) is 13.9. The van der Waals surface area contributed by atoms with E-state index in [0.717, 1.165) is 11.1 Å². The van der Waals surface area contributed by atoms with Crippen molar-refractivity contribution < 1.29 is 14.3 Å². The highest BCUT2D eigenvalue weighted by atomic mass is 16.5. The van der Waals surface area contributed by atoms with Crippen molar-refractivity contribution in [1.82, 2.24) is 9.97 Å². The summed E-state index contributed by atoms with van der Waals surface area (Å²) in [5.74, 6) is -0.393. The first-order valence-corrected chi connectivity index (χ1v) is 9.60. The van der Waals surface area contributed by atoms with E-state index in [9.17, 15) is 9.59 Å². The maximum atomic E-state index is 13.0. The summed E-state index contributed by atoms with van der Waals surface area (Å²) in [5, 5.41) is 5.64. The van der Waals surface area contributed by atoms with Crippen LogP contribution in [0.3, 0.4) is 0 Å². The molecular weight excluding hydrogens is 372 g/mol. The van der Waals surface area contributed by atoms with Gasteiger partial charge in [-0.1, -0.05) is 6.07 Å². The van der Waals surface area contributed by atoms with Gasteiger partial charge in [0.1, 0.15) is 11.6 Å². The molecule has 1 unspecified atom stereocenters. The van der Waals surface area contributed by atoms with Crippen molar-refractivity contribution in [1.29, 1.82) is 0 Å². The van der Waals surface area contributed by atoms with Crippen molar-refractivity contribution in [3.05, 3.63) is 34.9 Å². The monoisotopic (exact) mass is 396 g/mol. The number of carbonyl (C=O) groups excluding carboxylic acids is 2. The van der Waals surface area contributed by atoms with Gasteiger partial charge in [-0.2, -0.15) is 9.97 Å². The van der Waals surface area contributed by atoms with Gasteiger partial charge in [-0.15, -0.1) is 0 Å². The van der Waals surface area contributed by atoms with Gasteiger partial charge >= 0.3 is 0 Å². The Morgan fingerprint density at radius 1 is 1.21 bits per heavy atom. The highest BCUT2D eigenvalue weighted by Crippen LogP contribution is 2.36. The van der Waals surface area contributed by atoms with Gasteiger partial charge in [-0.3, -0.25) is 9.59 Å². The molecule has 4 rings (SSSR count). The molecule has 0 aliphatic carbocycles. The number of rotatable bonds is 3. The SMILES string of the molecule is Cc1cc(C)cc(NC(=O)C2CC(=O)Nc3nc(N4CCOCC4)nc(N)c32)c1. The number of hydrogen-bond donors (Lipinski definition) is 3. The number of anilines is 4. The van der Waals surface area contributed by atoms with Gasteiger partial charge in [0.2, 0.25) is 17.8 Å². The van der Waals surface area contributed by atoms with Crippen LogP contribution in [0.25, 0.3) is 0 Å². The zero-order chi connectivity index (χ0) is 20.5. The van der Waals surface area contributed by atoms with Crippen molar-refractivity contribution in [3.8, 4) is 0 Å². The fourth-order valence-corrected chi connectivity index (χ4v) is 3.79. The van der Waals surface area contributed by atoms with E-state index in [2.05, 4.69) is 20.6 Å². The number of amides is 2. The lowest BCUT2D eigenvalue weighted by Gasteiger charge is -2.30. The molecule has 0 saturated carbocycles. The maximum absolute atomic E-state index is 13.0. The van der Waals surface area contributed by atoms with E-state index in [1.807, 2.05) is 36.9 Å². The summed E-state index contributed by atoms with van der Waals surface area (Å²) in [7, 11) is 0. The highest BCUT2D eigenvalue weighted by molar-refractivity contribution is 6.05. The zero-order valence-electron chi connectivity index (χ0n) is 16.5. The average Bonchev–Trinajstić information content (AvgIpc) is 2.66. The molecule has 9 heteroatoms. The molecule has 2 aliphatic heterocycles. The first kappa shape index (κ1) is 19.1. The Kier molecular flexibility index (Phi) is 5.06. The Morgan fingerprint density at radius 3 is 2.59 bits per heavy atom. The molecule has 0 radical (unpaired) electrons. The van der Waals surface area contributed by atoms with E-state index in [-0.39, 0.29) is 24.1 Å². The molecule has 0 bridgehead atoms. The first-order valence-electron chi connectivity index (χ1n) is 9.60. The van der Waals surface area contributed by atoms with E-state index in [4.69, 9.17) is 10.5 Å². The molecule has 1 aromatic carbocycles. The van der Waals surface area contributed by atoms with E-state index in [1.54, 1.807) is 0 Å². The molecule has 2 aliphatic rings. The summed E-state index contributed by atoms with van der Waals surface area (Å²) < 4.78 is 5.35. The Balaban J connectivity index is 1.64. The molecular formula is C20H24N6O3. The van der Waals surface area contributed by atoms with Crippen LogP contribution in [0.4, 0.5) is 23.3 Å². The molecule has 2 aromatic rings. The number of nitrogens with zero attached hydrogens (tertiary/aromatic N) is 3. The Labute approximate surface area is 168 Å². The number of fused-ring (bicyclic) bond motifs is 1. The number of benzene rings is 1. The summed E-state index contributed by atoms with van der Waals surface area (Å²) in [5.41, 5.74) is 9.45. The van der Waals surface area contributed by atoms with Crippen molar-refractivity contribution in [2.75, 3.05) is 47.6 Å². The number of aryl methyl sites for hydroxylation is 2. The third-order valence-electron chi connectivity index (χ3n) is 5.06. The standard InChI is InChI=1S/C20H24N6O3/c1-11-7-12(2)9-13(8-11)22-19(28)14-10-15(27)23-18-16(14)17(21)24-20(25-18)26-3-5-29-6-4-26/h7-9,14H,3-6,10H2,1-2H3,(H,22,28)(H3,21,23,24,25,27). The Bertz CT molecular complexity index is 951. The Morgan fingerprint density at radius 2 is 1.90 bits per heavy atom. The largest absolute Gasteiger partial charge is 0.383 e. The van der Waals surface area contributed by atoms with Gasteiger partial charge in [0.25, 0.3) is 0 Å². The van der Waals surface area contributed by atoms with E-state index in [0.29, 0.717) is 49.3 Å². The van der Waals surface area contributed by atoms with Crippen LogP contribution in [0, 0.1) is 13.8 Å². The number of morpholine rings is 1. The fraction of sp³-hybridized carbons (Fsp3) is 0.400. The highest BCUT2D eigenvalue weighted by Gasteiger charge is 2.35. The van der Waals surface area contributed by atoms with Gasteiger partial charge in [0.05, 0.1) is 24.7 Å². The van der Waals surface area contributed by atoms with E-state index in [1.165, 1.54) is 0 Å². The second-order valence-corrected chi connectivity index (χ2v) is 7.44. The van der Waals surface area contributed by atoms with Crippen LogP contribution in [0.1, 0.15) is 29.0 Å². The second-order valence-electron chi connectivity index (χ2n) is 7.44. The lowest BCUT2D eigenvalue weighted by molar-refractivity contribution is -0.123. The summed E-state index contributed by atoms with van der Waals surface area (Å²) >= 11 is 0. The molecule has 1 fully saturated rings. The number of nitrogens with one attached hydrogen (secondary N) is 2. The maximum Gasteiger partial charge on any atom is 0.232 e. The lowest BCUT2D eigenvalue weighted by Crippen LogP contribution is -2.38. The van der Waals surface area contributed by atoms with Gasteiger partial charge in [-0.25, -0.2) is 0 Å². The quantitative estimate of drug-likeness (QED) is 0.720. The van der Waals surface area contributed by atoms with E-state index >= 15 is 0 Å². The third-order valence-corrected chi connectivity index (χ3v) is 5.06. The minimum absolute atomic E-state index is 0.00586. The molecule has 1 saturated heterocycles. The van der Waals surface area contributed by atoms with Crippen molar-refractivity contribution in [2.45, 2.75) is 26.2 Å². The minimum atomic E-state index is -0.752. The molecule has 1 aromatic heterocycles. The summed E-state index contributed by atoms with van der Waals surface area (Å²) in [4.78, 5) is 36.1. The van der Waals surface area contributed by atoms with Crippen LogP contribution in [0.15, 0.2) is 18.2 Å². The smallest absolute Gasteiger partial charge is 0.232 e. The van der Waals surface area contributed by atoms with Gasteiger partial charge in [-0.05, 0) is 37.1 Å². The van der Waals surface area contributed by atoms with Crippen LogP contribution in [0.2, 0.25) is 0 Å². The zero-order valence-corrected chi connectivity index (χ0v) is 16.5. The van der Waals surface area contributed by atoms with Crippen LogP contribution >= 0.6 is 0 Å². The van der Waals surface area contributed by atoms with Crippen molar-refractivity contribution in [2.24, 2.45) is 0 Å². The topological polar surface area (TPSA) is 122 Å². The lowest BCUT2D eigenvalue weighted by atomic mass is 9.91. The van der Waals surface area contributed by atoms with Gasteiger partial charge in [0.15, 0.2) is 0 Å². The number of carbonyl (C=O) groups is 2. The third kappa shape index (κ3) is 4.00. The molecule has 1 atom stereocenters. The summed E-state index contributed by atoms with van der Waals surface area (Å²) in [6, 6.07) is 5.80. The second kappa shape index (κ2) is 7.67. The van der Waals surface area contributed by atoms with Crippen LogP contribution in [-0.2, 0) is 14.3 Å². The van der Waals surface area contributed by atoms with Crippen molar-refractivity contribution in [3.63, 3.8) is 0 Å².